The Balaban J connectivity index is -0.000000285. The third-order valence-electron chi connectivity index (χ3n) is 5.88. The van der Waals surface area contributed by atoms with Gasteiger partial charge < -0.3 is 44.7 Å². The third-order valence-corrected chi connectivity index (χ3v) is 5.88. The molecule has 0 saturated heterocycles. The molecule has 3 N–H and O–H groups in total. The number of aliphatic hydroxyl groups is 3. The van der Waals surface area contributed by atoms with Crippen LogP contribution in [0.3, 0.4) is 0 Å². The molecule has 0 aromatic carbocycles. The fraction of sp³-hybridized carbons (Fsp3) is 0.600. The van der Waals surface area contributed by atoms with E-state index in [9.17, 15) is 44.1 Å². The Kier molecular flexibility index (Phi) is 27.8. The normalized spacial score (nSPS) is 10.8. The predicted octanol–water partition coefficient (Wildman–Crippen LogP) is 1.15. The standard InChI is InChI=1S/3C10H18N2O3.Fe/c3*1-5-12(6-2)9(14)7-8(13)10(15)11(3)4;/h3*7,13H,5-6H2,1-4H3;. The first kappa shape index (κ1) is 48.9. The molecular formula is C30H54FeN6O9. The van der Waals surface area contributed by atoms with E-state index in [1.54, 1.807) is 0 Å². The van der Waals surface area contributed by atoms with Crippen LogP contribution in [0.5, 0.6) is 0 Å². The molecule has 0 aliphatic rings. The SMILES string of the molecule is CCN(CC)C(=O)C=C(O)C(=O)N(C)C.CCN(CC)C(=O)C=C(O)C(=O)N(C)C.CCN(CC)C(=O)C=C(O)C(=O)N(C)C.[Fe]. The summed E-state index contributed by atoms with van der Waals surface area (Å²) in [7, 11) is 9.05. The van der Waals surface area contributed by atoms with Gasteiger partial charge in [0.05, 0.1) is 18.2 Å². The van der Waals surface area contributed by atoms with E-state index >= 15 is 0 Å². The largest absolute Gasteiger partial charge is 0.503 e. The molecule has 0 aliphatic carbocycles. The van der Waals surface area contributed by atoms with Crippen molar-refractivity contribution in [2.75, 3.05) is 81.6 Å². The molecule has 0 aromatic heterocycles. The van der Waals surface area contributed by atoms with Crippen molar-refractivity contribution < 1.29 is 61.2 Å². The average molecular weight is 699 g/mol. The molecule has 266 valence electrons. The van der Waals surface area contributed by atoms with Crippen LogP contribution >= 0.6 is 0 Å². The van der Waals surface area contributed by atoms with Crippen LogP contribution in [-0.2, 0) is 45.8 Å². The summed E-state index contributed by atoms with van der Waals surface area (Å²) in [5, 5.41) is 28.0. The number of aliphatic hydroxyl groups excluding tert-OH is 3. The summed E-state index contributed by atoms with van der Waals surface area (Å²) in [6.07, 6.45) is 2.86. The van der Waals surface area contributed by atoms with E-state index in [4.69, 9.17) is 0 Å². The van der Waals surface area contributed by atoms with Crippen molar-refractivity contribution in [2.45, 2.75) is 41.5 Å². The minimum absolute atomic E-state index is 0. The van der Waals surface area contributed by atoms with Gasteiger partial charge in [-0.2, -0.15) is 0 Å². The molecule has 0 bridgehead atoms. The number of rotatable bonds is 12. The smallest absolute Gasteiger partial charge is 0.288 e. The second-order valence-electron chi connectivity index (χ2n) is 9.72. The van der Waals surface area contributed by atoms with Gasteiger partial charge in [0, 0.05) is 98.6 Å². The number of carbonyl (C=O) groups excluding carboxylic acids is 6. The molecule has 0 rings (SSSR count). The van der Waals surface area contributed by atoms with Gasteiger partial charge in [0.1, 0.15) is 0 Å². The van der Waals surface area contributed by atoms with Gasteiger partial charge in [-0.15, -0.1) is 0 Å². The van der Waals surface area contributed by atoms with E-state index in [2.05, 4.69) is 0 Å². The molecule has 0 aliphatic heterocycles. The van der Waals surface area contributed by atoms with Gasteiger partial charge in [-0.3, -0.25) is 28.8 Å². The van der Waals surface area contributed by atoms with Gasteiger partial charge in [0.15, 0.2) is 17.3 Å². The average Bonchev–Trinajstić information content (AvgIpc) is 2.97. The zero-order chi connectivity index (χ0) is 36.0. The third kappa shape index (κ3) is 19.4. The Morgan fingerprint density at radius 2 is 0.565 bits per heavy atom. The van der Waals surface area contributed by atoms with E-state index in [-0.39, 0.29) is 34.8 Å². The van der Waals surface area contributed by atoms with Crippen molar-refractivity contribution in [3.05, 3.63) is 35.5 Å². The van der Waals surface area contributed by atoms with Crippen LogP contribution in [0.15, 0.2) is 35.5 Å². The maximum absolute atomic E-state index is 11.5. The molecule has 6 amide bonds. The molecule has 0 spiro atoms. The first-order valence-electron chi connectivity index (χ1n) is 14.5. The summed E-state index contributed by atoms with van der Waals surface area (Å²) >= 11 is 0. The molecule has 0 unspecified atom stereocenters. The van der Waals surface area contributed by atoms with Crippen molar-refractivity contribution in [1.29, 1.82) is 0 Å². The maximum atomic E-state index is 11.5. The van der Waals surface area contributed by atoms with Gasteiger partial charge in [-0.05, 0) is 41.5 Å². The molecule has 0 aromatic rings. The predicted molar refractivity (Wildman–Crippen MR) is 172 cm³/mol. The van der Waals surface area contributed by atoms with Gasteiger partial charge in [-0.1, -0.05) is 0 Å². The Morgan fingerprint density at radius 1 is 0.413 bits per heavy atom. The molecule has 46 heavy (non-hydrogen) atoms. The molecule has 0 radical (unpaired) electrons. The van der Waals surface area contributed by atoms with E-state index in [1.165, 1.54) is 71.7 Å². The Labute approximate surface area is 284 Å². The van der Waals surface area contributed by atoms with Crippen LogP contribution in [0, 0.1) is 0 Å². The first-order chi connectivity index (χ1) is 20.8. The summed E-state index contributed by atoms with van der Waals surface area (Å²) in [5.74, 6) is -4.37. The minimum Gasteiger partial charge on any atom is -0.503 e. The number of hydrogen-bond acceptors (Lipinski definition) is 9. The fourth-order valence-electron chi connectivity index (χ4n) is 3.10. The van der Waals surface area contributed by atoms with Crippen molar-refractivity contribution in [3.63, 3.8) is 0 Å². The maximum Gasteiger partial charge on any atom is 0.288 e. The minimum atomic E-state index is -0.574. The molecule has 0 atom stereocenters. The van der Waals surface area contributed by atoms with Crippen molar-refractivity contribution in [1.82, 2.24) is 29.4 Å². The summed E-state index contributed by atoms with van der Waals surface area (Å²) in [5.41, 5.74) is 0. The number of hydrogen-bond donors (Lipinski definition) is 3. The second-order valence-corrected chi connectivity index (χ2v) is 9.72. The van der Waals surface area contributed by atoms with Crippen LogP contribution in [0.2, 0.25) is 0 Å². The quantitative estimate of drug-likeness (QED) is 0.153. The summed E-state index contributed by atoms with van der Waals surface area (Å²) < 4.78 is 0. The van der Waals surface area contributed by atoms with Gasteiger partial charge in [0.25, 0.3) is 17.7 Å². The number of nitrogens with zero attached hydrogens (tertiary/aromatic N) is 6. The number of likely N-dealkylation sites (N-methyl/N-ethyl adjacent to an activating group) is 6. The molecule has 0 heterocycles. The Morgan fingerprint density at radius 3 is 0.674 bits per heavy atom. The van der Waals surface area contributed by atoms with Gasteiger partial charge in [-0.25, -0.2) is 0 Å². The molecule has 16 heteroatoms. The fourth-order valence-corrected chi connectivity index (χ4v) is 3.10. The van der Waals surface area contributed by atoms with Crippen LogP contribution in [0.4, 0.5) is 0 Å². The topological polar surface area (TPSA) is 183 Å². The molecular weight excluding hydrogens is 644 g/mol. The molecule has 0 fully saturated rings. The van der Waals surface area contributed by atoms with Crippen LogP contribution in [0.25, 0.3) is 0 Å². The van der Waals surface area contributed by atoms with Crippen LogP contribution in [0.1, 0.15) is 41.5 Å². The van der Waals surface area contributed by atoms with Crippen molar-refractivity contribution in [2.24, 2.45) is 0 Å². The molecule has 0 saturated carbocycles. The monoisotopic (exact) mass is 698 g/mol. The van der Waals surface area contributed by atoms with Gasteiger partial charge in [0.2, 0.25) is 17.7 Å². The van der Waals surface area contributed by atoms with Crippen molar-refractivity contribution >= 4 is 35.4 Å². The van der Waals surface area contributed by atoms with E-state index in [1.807, 2.05) is 41.5 Å². The van der Waals surface area contributed by atoms with E-state index < -0.39 is 35.0 Å². The summed E-state index contributed by atoms with van der Waals surface area (Å²) in [6.45, 7) is 14.3. The summed E-state index contributed by atoms with van der Waals surface area (Å²) in [4.78, 5) is 76.2. The Hall–Kier alpha value is -4.04. The zero-order valence-electron chi connectivity index (χ0n) is 29.3. The first-order valence-corrected chi connectivity index (χ1v) is 14.5. The van der Waals surface area contributed by atoms with Crippen molar-refractivity contribution in [3.8, 4) is 0 Å². The number of carbonyl (C=O) groups is 6. The Bertz CT molecular complexity index is 944. The van der Waals surface area contributed by atoms with Gasteiger partial charge >= 0.3 is 0 Å². The van der Waals surface area contributed by atoms with E-state index in [0.717, 1.165) is 18.2 Å². The van der Waals surface area contributed by atoms with Crippen LogP contribution in [-0.4, -0.2) is 162 Å². The summed E-state index contributed by atoms with van der Waals surface area (Å²) in [6, 6.07) is 0. The van der Waals surface area contributed by atoms with Crippen LogP contribution < -0.4 is 0 Å². The molecule has 15 nitrogen and oxygen atoms in total. The second kappa shape index (κ2) is 26.2. The zero-order valence-corrected chi connectivity index (χ0v) is 30.4. The van der Waals surface area contributed by atoms with E-state index in [0.29, 0.717) is 39.3 Å². The number of amides is 6.